The van der Waals surface area contributed by atoms with Gasteiger partial charge in [0.1, 0.15) is 0 Å². The molecule has 0 fully saturated rings. The van der Waals surface area contributed by atoms with Crippen LogP contribution < -0.4 is 0 Å². The van der Waals surface area contributed by atoms with E-state index in [-0.39, 0.29) is 5.97 Å². The molecule has 3 heteroatoms. The molecule has 0 aliphatic rings. The van der Waals surface area contributed by atoms with Gasteiger partial charge in [0, 0.05) is 10.6 Å². The molecule has 0 saturated carbocycles. The summed E-state index contributed by atoms with van der Waals surface area (Å²) < 4.78 is 5.01. The van der Waals surface area contributed by atoms with E-state index in [9.17, 15) is 4.79 Å². The van der Waals surface area contributed by atoms with Crippen LogP contribution in [0.4, 0.5) is 0 Å². The molecule has 0 spiro atoms. The average Bonchev–Trinajstić information content (AvgIpc) is 2.30. The summed E-state index contributed by atoms with van der Waals surface area (Å²) in [5, 5.41) is 0.671. The third kappa shape index (κ3) is 3.60. The fraction of sp³-hybridized carbons (Fsp3) is 0.357. The smallest absolute Gasteiger partial charge is 0.333 e. The van der Waals surface area contributed by atoms with E-state index in [4.69, 9.17) is 16.3 Å². The standard InChI is InChI=1S/C14H17ClO2/c1-4-13(10(3)14(16)17-5-2)11-7-6-8-12(15)9-11/h6-9H,4-5H2,1-3H3/b13-10-. The summed E-state index contributed by atoms with van der Waals surface area (Å²) >= 11 is 5.95. The Morgan fingerprint density at radius 3 is 2.59 bits per heavy atom. The topological polar surface area (TPSA) is 26.3 Å². The highest BCUT2D eigenvalue weighted by Gasteiger charge is 2.12. The average molecular weight is 253 g/mol. The summed E-state index contributed by atoms with van der Waals surface area (Å²) in [7, 11) is 0. The molecule has 0 aromatic heterocycles. The van der Waals surface area contributed by atoms with Gasteiger partial charge in [-0.1, -0.05) is 30.7 Å². The van der Waals surface area contributed by atoms with Crippen LogP contribution in [-0.4, -0.2) is 12.6 Å². The molecule has 2 nitrogen and oxygen atoms in total. The van der Waals surface area contributed by atoms with Gasteiger partial charge in [-0.05, 0) is 43.5 Å². The number of hydrogen-bond acceptors (Lipinski definition) is 2. The van der Waals surface area contributed by atoms with Gasteiger partial charge in [-0.25, -0.2) is 4.79 Å². The lowest BCUT2D eigenvalue weighted by molar-refractivity contribution is -0.138. The zero-order chi connectivity index (χ0) is 12.8. The number of benzene rings is 1. The fourth-order valence-corrected chi connectivity index (χ4v) is 1.91. The first kappa shape index (κ1) is 13.8. The van der Waals surface area contributed by atoms with Crippen molar-refractivity contribution in [1.29, 1.82) is 0 Å². The van der Waals surface area contributed by atoms with Crippen molar-refractivity contribution < 1.29 is 9.53 Å². The lowest BCUT2D eigenvalue weighted by Crippen LogP contribution is -2.07. The molecule has 0 atom stereocenters. The predicted octanol–water partition coefficient (Wildman–Crippen LogP) is 4.09. The molecule has 0 N–H and O–H groups in total. The lowest BCUT2D eigenvalue weighted by atomic mass is 9.98. The second-order valence-corrected chi connectivity index (χ2v) is 4.12. The van der Waals surface area contributed by atoms with Gasteiger partial charge in [0.2, 0.25) is 0 Å². The van der Waals surface area contributed by atoms with Crippen molar-refractivity contribution in [3.8, 4) is 0 Å². The van der Waals surface area contributed by atoms with Crippen LogP contribution in [0.15, 0.2) is 29.8 Å². The maximum absolute atomic E-state index is 11.7. The molecule has 0 saturated heterocycles. The van der Waals surface area contributed by atoms with Gasteiger partial charge in [0.05, 0.1) is 6.61 Å². The van der Waals surface area contributed by atoms with Crippen molar-refractivity contribution in [2.75, 3.05) is 6.61 Å². The molecular formula is C14H17ClO2. The zero-order valence-corrected chi connectivity index (χ0v) is 11.2. The molecule has 0 amide bonds. The molecule has 92 valence electrons. The van der Waals surface area contributed by atoms with E-state index in [1.165, 1.54) is 0 Å². The van der Waals surface area contributed by atoms with Crippen molar-refractivity contribution >= 4 is 23.1 Å². The second-order valence-electron chi connectivity index (χ2n) is 3.69. The molecule has 1 aromatic carbocycles. The molecule has 0 aliphatic carbocycles. The zero-order valence-electron chi connectivity index (χ0n) is 10.4. The Morgan fingerprint density at radius 2 is 2.06 bits per heavy atom. The van der Waals surface area contributed by atoms with Gasteiger partial charge in [-0.3, -0.25) is 0 Å². The first-order chi connectivity index (χ1) is 8.10. The van der Waals surface area contributed by atoms with Crippen LogP contribution in [0.3, 0.4) is 0 Å². The van der Waals surface area contributed by atoms with Crippen LogP contribution >= 0.6 is 11.6 Å². The molecule has 1 rings (SSSR count). The van der Waals surface area contributed by atoms with Crippen molar-refractivity contribution in [1.82, 2.24) is 0 Å². The lowest BCUT2D eigenvalue weighted by Gasteiger charge is -2.10. The van der Waals surface area contributed by atoms with Crippen LogP contribution in [0.5, 0.6) is 0 Å². The summed E-state index contributed by atoms with van der Waals surface area (Å²) in [6.07, 6.45) is 0.769. The molecule has 0 unspecified atom stereocenters. The van der Waals surface area contributed by atoms with Gasteiger partial charge in [-0.2, -0.15) is 0 Å². The molecule has 0 bridgehead atoms. The number of carbonyl (C=O) groups is 1. The van der Waals surface area contributed by atoms with Gasteiger partial charge < -0.3 is 4.74 Å². The summed E-state index contributed by atoms with van der Waals surface area (Å²) in [6.45, 7) is 6.00. The van der Waals surface area contributed by atoms with Crippen molar-refractivity contribution in [2.24, 2.45) is 0 Å². The molecular weight excluding hydrogens is 236 g/mol. The Morgan fingerprint density at radius 1 is 1.35 bits per heavy atom. The third-order valence-corrected chi connectivity index (χ3v) is 2.80. The summed E-state index contributed by atoms with van der Waals surface area (Å²) in [6, 6.07) is 7.51. The van der Waals surface area contributed by atoms with Gasteiger partial charge in [0.25, 0.3) is 0 Å². The highest BCUT2D eigenvalue weighted by Crippen LogP contribution is 2.25. The Bertz CT molecular complexity index is 436. The number of hydrogen-bond donors (Lipinski definition) is 0. The third-order valence-electron chi connectivity index (χ3n) is 2.56. The van der Waals surface area contributed by atoms with Gasteiger partial charge in [0.15, 0.2) is 0 Å². The minimum absolute atomic E-state index is 0.260. The minimum Gasteiger partial charge on any atom is -0.463 e. The number of carbonyl (C=O) groups excluding carboxylic acids is 1. The number of allylic oxidation sites excluding steroid dienone is 1. The van der Waals surface area contributed by atoms with Crippen LogP contribution in [0.2, 0.25) is 5.02 Å². The van der Waals surface area contributed by atoms with Crippen molar-refractivity contribution in [3.63, 3.8) is 0 Å². The Kier molecular flexibility index (Phi) is 5.23. The number of rotatable bonds is 4. The van der Waals surface area contributed by atoms with Crippen LogP contribution in [0, 0.1) is 0 Å². The Balaban J connectivity index is 3.13. The van der Waals surface area contributed by atoms with Crippen LogP contribution in [-0.2, 0) is 9.53 Å². The molecule has 0 aliphatic heterocycles. The maximum Gasteiger partial charge on any atom is 0.333 e. The van der Waals surface area contributed by atoms with Gasteiger partial charge in [-0.15, -0.1) is 0 Å². The second kappa shape index (κ2) is 6.45. The van der Waals surface area contributed by atoms with E-state index in [1.54, 1.807) is 13.8 Å². The predicted molar refractivity (Wildman–Crippen MR) is 71.0 cm³/mol. The van der Waals surface area contributed by atoms with Gasteiger partial charge >= 0.3 is 5.97 Å². The van der Waals surface area contributed by atoms with Crippen LogP contribution in [0.1, 0.15) is 32.8 Å². The summed E-state index contributed by atoms with van der Waals surface area (Å²) in [5.74, 6) is -0.260. The van der Waals surface area contributed by atoms with E-state index in [0.29, 0.717) is 17.2 Å². The largest absolute Gasteiger partial charge is 0.463 e. The maximum atomic E-state index is 11.7. The Labute approximate surface area is 107 Å². The van der Waals surface area contributed by atoms with E-state index >= 15 is 0 Å². The van der Waals surface area contributed by atoms with Crippen LogP contribution in [0.25, 0.3) is 5.57 Å². The highest BCUT2D eigenvalue weighted by atomic mass is 35.5. The first-order valence-electron chi connectivity index (χ1n) is 5.73. The number of ether oxygens (including phenoxy) is 1. The first-order valence-corrected chi connectivity index (χ1v) is 6.10. The van der Waals surface area contributed by atoms with E-state index in [2.05, 4.69) is 0 Å². The monoisotopic (exact) mass is 252 g/mol. The molecule has 0 heterocycles. The summed E-state index contributed by atoms with van der Waals surface area (Å²) in [4.78, 5) is 11.7. The van der Waals surface area contributed by atoms with Crippen molar-refractivity contribution in [3.05, 3.63) is 40.4 Å². The Hall–Kier alpha value is -1.28. The normalized spacial score (nSPS) is 12.0. The number of esters is 1. The van der Waals surface area contributed by atoms with E-state index < -0.39 is 0 Å². The SMILES string of the molecule is CCOC(=O)/C(C)=C(/CC)c1cccc(Cl)c1. The van der Waals surface area contributed by atoms with E-state index in [1.807, 2.05) is 31.2 Å². The fourth-order valence-electron chi connectivity index (χ4n) is 1.72. The summed E-state index contributed by atoms with van der Waals surface area (Å²) in [5.41, 5.74) is 2.60. The van der Waals surface area contributed by atoms with E-state index in [0.717, 1.165) is 17.6 Å². The molecule has 0 radical (unpaired) electrons. The van der Waals surface area contributed by atoms with Crippen molar-refractivity contribution in [2.45, 2.75) is 27.2 Å². The minimum atomic E-state index is -0.260. The molecule has 1 aromatic rings. The quantitative estimate of drug-likeness (QED) is 0.596. The number of halogens is 1. The molecule has 17 heavy (non-hydrogen) atoms. The highest BCUT2D eigenvalue weighted by molar-refractivity contribution is 6.30.